The Kier molecular flexibility index (Phi) is 5.30. The summed E-state index contributed by atoms with van der Waals surface area (Å²) in [6.45, 7) is 0. The van der Waals surface area contributed by atoms with Gasteiger partial charge in [-0.05, 0) is 17.5 Å². The van der Waals surface area contributed by atoms with Gasteiger partial charge < -0.3 is 10.4 Å². The molecule has 1 aromatic carbocycles. The van der Waals surface area contributed by atoms with Gasteiger partial charge in [-0.15, -0.1) is 0 Å². The molecule has 22 heavy (non-hydrogen) atoms. The first-order chi connectivity index (χ1) is 10.5. The maximum Gasteiger partial charge on any atom is 0.305 e. The molecular weight excluding hydrogens is 282 g/mol. The summed E-state index contributed by atoms with van der Waals surface area (Å²) in [5.41, 5.74) is 1.77. The van der Waals surface area contributed by atoms with Crippen molar-refractivity contribution in [1.29, 1.82) is 0 Å². The second kappa shape index (κ2) is 7.40. The van der Waals surface area contributed by atoms with Gasteiger partial charge in [0.15, 0.2) is 0 Å². The fraction of sp³-hybridized carbons (Fsp3) is 0.312. The Morgan fingerprint density at radius 3 is 2.64 bits per heavy atom. The lowest BCUT2D eigenvalue weighted by atomic mass is 10.0. The van der Waals surface area contributed by atoms with Crippen LogP contribution in [0.25, 0.3) is 0 Å². The van der Waals surface area contributed by atoms with E-state index in [-0.39, 0.29) is 12.3 Å². The quantitative estimate of drug-likeness (QED) is 0.815. The topological polar surface area (TPSA) is 84.2 Å². The van der Waals surface area contributed by atoms with E-state index >= 15 is 0 Å². The molecule has 1 amide bonds. The van der Waals surface area contributed by atoms with Gasteiger partial charge in [-0.1, -0.05) is 30.3 Å². The zero-order valence-electron chi connectivity index (χ0n) is 12.4. The van der Waals surface area contributed by atoms with E-state index in [0.717, 1.165) is 11.1 Å². The molecule has 0 saturated heterocycles. The number of nitrogens with one attached hydrogen (secondary N) is 1. The van der Waals surface area contributed by atoms with Crippen molar-refractivity contribution in [3.63, 3.8) is 0 Å². The third-order valence-electron chi connectivity index (χ3n) is 3.31. The average molecular weight is 301 g/mol. The Morgan fingerprint density at radius 1 is 1.32 bits per heavy atom. The fourth-order valence-electron chi connectivity index (χ4n) is 2.24. The number of carboxylic acids is 1. The molecule has 2 aromatic rings. The lowest BCUT2D eigenvalue weighted by molar-refractivity contribution is -0.137. The van der Waals surface area contributed by atoms with Gasteiger partial charge >= 0.3 is 5.97 Å². The Bertz CT molecular complexity index is 637. The number of hydrogen-bond acceptors (Lipinski definition) is 3. The number of carboxylic acid groups (broad SMARTS) is 1. The molecule has 6 nitrogen and oxygen atoms in total. The predicted molar refractivity (Wildman–Crippen MR) is 81.1 cm³/mol. The van der Waals surface area contributed by atoms with Gasteiger partial charge in [-0.25, -0.2) is 0 Å². The fourth-order valence-corrected chi connectivity index (χ4v) is 2.24. The number of amides is 1. The third-order valence-corrected chi connectivity index (χ3v) is 3.31. The maximum absolute atomic E-state index is 12.1. The van der Waals surface area contributed by atoms with Crippen LogP contribution in [0.15, 0.2) is 42.7 Å². The van der Waals surface area contributed by atoms with Crippen LogP contribution >= 0.6 is 0 Å². The maximum atomic E-state index is 12.1. The molecule has 116 valence electrons. The van der Waals surface area contributed by atoms with Crippen LogP contribution in [-0.2, 0) is 23.1 Å². The van der Waals surface area contributed by atoms with Crippen molar-refractivity contribution < 1.29 is 14.7 Å². The number of rotatable bonds is 7. The minimum Gasteiger partial charge on any atom is -0.481 e. The van der Waals surface area contributed by atoms with Crippen molar-refractivity contribution in [2.24, 2.45) is 7.05 Å². The first-order valence-corrected chi connectivity index (χ1v) is 7.08. The van der Waals surface area contributed by atoms with Gasteiger partial charge in [0.1, 0.15) is 0 Å². The van der Waals surface area contributed by atoms with Gasteiger partial charge in [-0.3, -0.25) is 14.3 Å². The Labute approximate surface area is 128 Å². The van der Waals surface area contributed by atoms with Crippen molar-refractivity contribution in [3.8, 4) is 0 Å². The number of aliphatic carboxylic acids is 1. The lowest BCUT2D eigenvalue weighted by Crippen LogP contribution is -2.30. The van der Waals surface area contributed by atoms with Crippen LogP contribution < -0.4 is 5.32 Å². The molecule has 0 aliphatic rings. The van der Waals surface area contributed by atoms with E-state index in [4.69, 9.17) is 5.11 Å². The summed E-state index contributed by atoms with van der Waals surface area (Å²) in [4.78, 5) is 23.0. The zero-order valence-corrected chi connectivity index (χ0v) is 12.4. The standard InChI is InChI=1S/C16H19N3O3/c1-19-11-12(10-17-19)7-8-15(20)18-14(9-16(21)22)13-5-3-2-4-6-13/h2-6,10-11,14H,7-9H2,1H3,(H,18,20)(H,21,22)/t14-/m1/s1. The summed E-state index contributed by atoms with van der Waals surface area (Å²) >= 11 is 0. The van der Waals surface area contributed by atoms with E-state index < -0.39 is 12.0 Å². The summed E-state index contributed by atoms with van der Waals surface area (Å²) in [5, 5.41) is 15.9. The number of carbonyl (C=O) groups is 2. The third kappa shape index (κ3) is 4.73. The molecule has 2 N–H and O–H groups in total. The van der Waals surface area contributed by atoms with Crippen molar-refractivity contribution in [1.82, 2.24) is 15.1 Å². The number of carbonyl (C=O) groups excluding carboxylic acids is 1. The summed E-state index contributed by atoms with van der Waals surface area (Å²) in [7, 11) is 1.82. The molecule has 1 heterocycles. The lowest BCUT2D eigenvalue weighted by Gasteiger charge is -2.17. The number of hydrogen-bond donors (Lipinski definition) is 2. The second-order valence-corrected chi connectivity index (χ2v) is 5.15. The summed E-state index contributed by atoms with van der Waals surface area (Å²) in [6.07, 6.45) is 4.32. The average Bonchev–Trinajstić information content (AvgIpc) is 2.91. The smallest absolute Gasteiger partial charge is 0.305 e. The van der Waals surface area contributed by atoms with Crippen LogP contribution in [0.2, 0.25) is 0 Å². The van der Waals surface area contributed by atoms with E-state index in [9.17, 15) is 9.59 Å². The summed E-state index contributed by atoms with van der Waals surface area (Å²) in [5.74, 6) is -1.11. The van der Waals surface area contributed by atoms with E-state index in [1.165, 1.54) is 0 Å². The van der Waals surface area contributed by atoms with Gasteiger partial charge in [0.25, 0.3) is 0 Å². The minimum absolute atomic E-state index is 0.136. The molecule has 2 rings (SSSR count). The second-order valence-electron chi connectivity index (χ2n) is 5.15. The first-order valence-electron chi connectivity index (χ1n) is 7.08. The Hall–Kier alpha value is -2.63. The Morgan fingerprint density at radius 2 is 2.05 bits per heavy atom. The van der Waals surface area contributed by atoms with E-state index in [0.29, 0.717) is 12.8 Å². The normalized spacial score (nSPS) is 11.9. The molecule has 0 radical (unpaired) electrons. The first kappa shape index (κ1) is 15.8. The van der Waals surface area contributed by atoms with Crippen molar-refractivity contribution >= 4 is 11.9 Å². The van der Waals surface area contributed by atoms with Gasteiger partial charge in [0.05, 0.1) is 18.7 Å². The number of aromatic nitrogens is 2. The molecule has 6 heteroatoms. The highest BCUT2D eigenvalue weighted by Gasteiger charge is 2.17. The molecule has 0 aliphatic carbocycles. The molecule has 0 aliphatic heterocycles. The highest BCUT2D eigenvalue weighted by molar-refractivity contribution is 5.78. The molecule has 1 aromatic heterocycles. The van der Waals surface area contributed by atoms with Crippen LogP contribution in [0.4, 0.5) is 0 Å². The molecule has 0 spiro atoms. The van der Waals surface area contributed by atoms with Crippen LogP contribution in [0, 0.1) is 0 Å². The SMILES string of the molecule is Cn1cc(CCC(=O)N[C@H](CC(=O)O)c2ccccc2)cn1. The van der Waals surface area contributed by atoms with Crippen LogP contribution in [0.3, 0.4) is 0 Å². The molecule has 0 unspecified atom stereocenters. The number of aryl methyl sites for hydroxylation is 2. The van der Waals surface area contributed by atoms with Crippen LogP contribution in [0.1, 0.15) is 30.0 Å². The zero-order chi connectivity index (χ0) is 15.9. The molecule has 0 saturated carbocycles. The van der Waals surface area contributed by atoms with Gasteiger partial charge in [0, 0.05) is 19.7 Å². The van der Waals surface area contributed by atoms with E-state index in [1.54, 1.807) is 10.9 Å². The summed E-state index contributed by atoms with van der Waals surface area (Å²) in [6, 6.07) is 8.62. The van der Waals surface area contributed by atoms with Gasteiger partial charge in [0.2, 0.25) is 5.91 Å². The van der Waals surface area contributed by atoms with E-state index in [1.807, 2.05) is 43.6 Å². The number of benzene rings is 1. The van der Waals surface area contributed by atoms with E-state index in [2.05, 4.69) is 10.4 Å². The molecular formula is C16H19N3O3. The van der Waals surface area contributed by atoms with Crippen molar-refractivity contribution in [2.45, 2.75) is 25.3 Å². The monoisotopic (exact) mass is 301 g/mol. The van der Waals surface area contributed by atoms with Crippen LogP contribution in [-0.4, -0.2) is 26.8 Å². The highest BCUT2D eigenvalue weighted by Crippen LogP contribution is 2.16. The van der Waals surface area contributed by atoms with Crippen LogP contribution in [0.5, 0.6) is 0 Å². The molecule has 0 bridgehead atoms. The van der Waals surface area contributed by atoms with Gasteiger partial charge in [-0.2, -0.15) is 5.10 Å². The Balaban J connectivity index is 1.94. The highest BCUT2D eigenvalue weighted by atomic mass is 16.4. The predicted octanol–water partition coefficient (Wildman–Crippen LogP) is 1.68. The minimum atomic E-state index is -0.943. The molecule has 0 fully saturated rings. The number of nitrogens with zero attached hydrogens (tertiary/aromatic N) is 2. The molecule has 1 atom stereocenters. The van der Waals surface area contributed by atoms with Crippen molar-refractivity contribution in [3.05, 3.63) is 53.9 Å². The summed E-state index contributed by atoms with van der Waals surface area (Å²) < 4.78 is 1.68. The van der Waals surface area contributed by atoms with Crippen molar-refractivity contribution in [2.75, 3.05) is 0 Å². The largest absolute Gasteiger partial charge is 0.481 e.